The molecule has 0 unspecified atom stereocenters. The highest BCUT2D eigenvalue weighted by atomic mass is 16.5. The second kappa shape index (κ2) is 8.72. The molecule has 2 aromatic rings. The van der Waals surface area contributed by atoms with Crippen LogP contribution in [0.15, 0.2) is 48.5 Å². The van der Waals surface area contributed by atoms with Gasteiger partial charge in [-0.2, -0.15) is 0 Å². The molecular formula is C19H20O5. The number of hydrogen-bond acceptors (Lipinski definition) is 5. The van der Waals surface area contributed by atoms with Crippen LogP contribution in [-0.2, 0) is 4.74 Å². The fourth-order valence-corrected chi connectivity index (χ4v) is 2.06. The molecule has 0 N–H and O–H groups in total. The Kier molecular flexibility index (Phi) is 6.37. The summed E-state index contributed by atoms with van der Waals surface area (Å²) in [5.41, 5.74) is 0.518. The van der Waals surface area contributed by atoms with Gasteiger partial charge in [0.15, 0.2) is 0 Å². The summed E-state index contributed by atoms with van der Waals surface area (Å²) in [5.74, 6) is -0.501. The molecule has 0 fully saturated rings. The second-order valence-corrected chi connectivity index (χ2v) is 4.95. The van der Waals surface area contributed by atoms with E-state index < -0.39 is 11.9 Å². The third-order valence-corrected chi connectivity index (χ3v) is 3.15. The van der Waals surface area contributed by atoms with Gasteiger partial charge in [-0.05, 0) is 37.6 Å². The molecule has 0 radical (unpaired) electrons. The lowest BCUT2D eigenvalue weighted by Gasteiger charge is -2.12. The third-order valence-electron chi connectivity index (χ3n) is 3.15. The largest absolute Gasteiger partial charge is 0.493 e. The standard InChI is InChI=1S/C19H20O5/c1-3-13-23-16-11-7-5-9-14(16)19(21)24-17-12-8-6-10-15(17)18(20)22-4-2/h5-12H,3-4,13H2,1-2H3. The first-order valence-electron chi connectivity index (χ1n) is 7.87. The Morgan fingerprint density at radius 1 is 0.833 bits per heavy atom. The van der Waals surface area contributed by atoms with Crippen LogP contribution in [0, 0.1) is 0 Å². The SMILES string of the molecule is CCCOc1ccccc1C(=O)Oc1ccccc1C(=O)OCC. The Labute approximate surface area is 141 Å². The Morgan fingerprint density at radius 2 is 1.42 bits per heavy atom. The van der Waals surface area contributed by atoms with Crippen molar-refractivity contribution in [2.75, 3.05) is 13.2 Å². The molecule has 2 rings (SSSR count). The van der Waals surface area contributed by atoms with Crippen molar-refractivity contribution in [3.8, 4) is 11.5 Å². The van der Waals surface area contributed by atoms with Gasteiger partial charge in [0.05, 0.1) is 13.2 Å². The zero-order valence-electron chi connectivity index (χ0n) is 13.8. The van der Waals surface area contributed by atoms with E-state index in [-0.39, 0.29) is 17.9 Å². The quantitative estimate of drug-likeness (QED) is 0.570. The summed E-state index contributed by atoms with van der Waals surface area (Å²) < 4.78 is 15.9. The van der Waals surface area contributed by atoms with Crippen molar-refractivity contribution < 1.29 is 23.8 Å². The maximum absolute atomic E-state index is 12.5. The molecular weight excluding hydrogens is 308 g/mol. The van der Waals surface area contributed by atoms with Crippen LogP contribution in [0.1, 0.15) is 41.0 Å². The van der Waals surface area contributed by atoms with Crippen LogP contribution in [0.4, 0.5) is 0 Å². The number of rotatable bonds is 7. The average molecular weight is 328 g/mol. The minimum absolute atomic E-state index is 0.159. The molecule has 0 saturated carbocycles. The van der Waals surface area contributed by atoms with E-state index in [9.17, 15) is 9.59 Å². The Balaban J connectivity index is 2.23. The minimum atomic E-state index is -0.585. The lowest BCUT2D eigenvalue weighted by atomic mass is 10.2. The zero-order chi connectivity index (χ0) is 17.4. The lowest BCUT2D eigenvalue weighted by molar-refractivity contribution is 0.0520. The van der Waals surface area contributed by atoms with E-state index >= 15 is 0 Å². The van der Waals surface area contributed by atoms with Gasteiger partial charge in [-0.15, -0.1) is 0 Å². The second-order valence-electron chi connectivity index (χ2n) is 4.95. The van der Waals surface area contributed by atoms with Crippen LogP contribution in [0.2, 0.25) is 0 Å². The van der Waals surface area contributed by atoms with Gasteiger partial charge < -0.3 is 14.2 Å². The number of hydrogen-bond donors (Lipinski definition) is 0. The highest BCUT2D eigenvalue weighted by Crippen LogP contribution is 2.24. The van der Waals surface area contributed by atoms with Gasteiger partial charge >= 0.3 is 11.9 Å². The van der Waals surface area contributed by atoms with Crippen molar-refractivity contribution in [3.05, 3.63) is 59.7 Å². The van der Waals surface area contributed by atoms with E-state index in [0.29, 0.717) is 17.9 Å². The monoisotopic (exact) mass is 328 g/mol. The van der Waals surface area contributed by atoms with E-state index in [4.69, 9.17) is 14.2 Å². The van der Waals surface area contributed by atoms with Gasteiger partial charge in [-0.25, -0.2) is 9.59 Å². The Morgan fingerprint density at radius 3 is 2.04 bits per heavy atom. The maximum atomic E-state index is 12.5. The first-order chi connectivity index (χ1) is 11.7. The third kappa shape index (κ3) is 4.35. The molecule has 0 aliphatic heterocycles. The summed E-state index contributed by atoms with van der Waals surface area (Å²) in [4.78, 5) is 24.4. The molecule has 0 amide bonds. The van der Waals surface area contributed by atoms with Crippen LogP contribution in [0.5, 0.6) is 11.5 Å². The molecule has 0 aliphatic rings. The summed E-state index contributed by atoms with van der Waals surface area (Å²) in [6.45, 7) is 4.45. The Hall–Kier alpha value is -2.82. The first-order valence-corrected chi connectivity index (χ1v) is 7.87. The molecule has 0 aliphatic carbocycles. The highest BCUT2D eigenvalue weighted by Gasteiger charge is 2.19. The topological polar surface area (TPSA) is 61.8 Å². The number of para-hydroxylation sites is 2. The zero-order valence-corrected chi connectivity index (χ0v) is 13.8. The van der Waals surface area contributed by atoms with E-state index in [2.05, 4.69) is 0 Å². The fourth-order valence-electron chi connectivity index (χ4n) is 2.06. The van der Waals surface area contributed by atoms with Crippen LogP contribution >= 0.6 is 0 Å². The molecule has 0 aromatic heterocycles. The summed E-state index contributed by atoms with van der Waals surface area (Å²) in [6.07, 6.45) is 0.828. The van der Waals surface area contributed by atoms with Crippen LogP contribution < -0.4 is 9.47 Å². The first kappa shape index (κ1) is 17.5. The molecule has 5 nitrogen and oxygen atoms in total. The highest BCUT2D eigenvalue weighted by molar-refractivity contribution is 5.97. The predicted molar refractivity (Wildman–Crippen MR) is 89.6 cm³/mol. The van der Waals surface area contributed by atoms with Crippen molar-refractivity contribution >= 4 is 11.9 Å². The number of carbonyl (C=O) groups excluding carboxylic acids is 2. The smallest absolute Gasteiger partial charge is 0.347 e. The number of carbonyl (C=O) groups is 2. The molecule has 5 heteroatoms. The number of esters is 2. The van der Waals surface area contributed by atoms with Gasteiger partial charge in [-0.3, -0.25) is 0 Å². The van der Waals surface area contributed by atoms with E-state index in [1.807, 2.05) is 6.92 Å². The van der Waals surface area contributed by atoms with Gasteiger partial charge in [0.2, 0.25) is 0 Å². The lowest BCUT2D eigenvalue weighted by Crippen LogP contribution is -2.14. The molecule has 126 valence electrons. The molecule has 0 bridgehead atoms. The Bertz CT molecular complexity index is 708. The average Bonchev–Trinajstić information content (AvgIpc) is 2.60. The van der Waals surface area contributed by atoms with Crippen LogP contribution in [0.3, 0.4) is 0 Å². The normalized spacial score (nSPS) is 10.1. The van der Waals surface area contributed by atoms with E-state index in [0.717, 1.165) is 6.42 Å². The molecule has 2 aromatic carbocycles. The number of ether oxygens (including phenoxy) is 3. The van der Waals surface area contributed by atoms with Gasteiger partial charge in [0.1, 0.15) is 22.6 Å². The fraction of sp³-hybridized carbons (Fsp3) is 0.263. The van der Waals surface area contributed by atoms with Crippen molar-refractivity contribution in [2.24, 2.45) is 0 Å². The van der Waals surface area contributed by atoms with Crippen molar-refractivity contribution in [1.29, 1.82) is 0 Å². The molecule has 0 saturated heterocycles. The van der Waals surface area contributed by atoms with Crippen molar-refractivity contribution in [1.82, 2.24) is 0 Å². The molecule has 0 spiro atoms. The van der Waals surface area contributed by atoms with Crippen LogP contribution in [0.25, 0.3) is 0 Å². The van der Waals surface area contributed by atoms with Gasteiger partial charge in [-0.1, -0.05) is 31.2 Å². The van der Waals surface area contributed by atoms with Crippen molar-refractivity contribution in [3.63, 3.8) is 0 Å². The van der Waals surface area contributed by atoms with Gasteiger partial charge in [0.25, 0.3) is 0 Å². The van der Waals surface area contributed by atoms with Gasteiger partial charge in [0, 0.05) is 0 Å². The molecule has 0 atom stereocenters. The summed E-state index contributed by atoms with van der Waals surface area (Å²) in [7, 11) is 0. The predicted octanol–water partition coefficient (Wildman–Crippen LogP) is 3.87. The maximum Gasteiger partial charge on any atom is 0.347 e. The number of benzene rings is 2. The van der Waals surface area contributed by atoms with E-state index in [1.54, 1.807) is 55.5 Å². The molecule has 0 heterocycles. The summed E-state index contributed by atoms with van der Waals surface area (Å²) in [6, 6.07) is 13.3. The summed E-state index contributed by atoms with van der Waals surface area (Å²) >= 11 is 0. The minimum Gasteiger partial charge on any atom is -0.493 e. The van der Waals surface area contributed by atoms with E-state index in [1.165, 1.54) is 0 Å². The molecule has 24 heavy (non-hydrogen) atoms. The summed E-state index contributed by atoms with van der Waals surface area (Å²) in [5, 5.41) is 0. The van der Waals surface area contributed by atoms with Crippen molar-refractivity contribution in [2.45, 2.75) is 20.3 Å². The van der Waals surface area contributed by atoms with Crippen LogP contribution in [-0.4, -0.2) is 25.2 Å².